The molecule has 0 saturated heterocycles. The van der Waals surface area contributed by atoms with Crippen LogP contribution in [0.25, 0.3) is 17.5 Å². The number of carbonyl (C=O) groups is 1. The molecule has 8 heteroatoms. The number of rotatable bonds is 6. The lowest BCUT2D eigenvalue weighted by atomic mass is 10.2. The topological polar surface area (TPSA) is 72.7 Å². The van der Waals surface area contributed by atoms with Gasteiger partial charge in [0.15, 0.2) is 5.82 Å². The summed E-state index contributed by atoms with van der Waals surface area (Å²) < 4.78 is 27.3. The highest BCUT2D eigenvalue weighted by Gasteiger charge is 2.16. The Hall–Kier alpha value is -4.20. The molecule has 0 aliphatic heterocycles. The van der Waals surface area contributed by atoms with Crippen LogP contribution in [-0.4, -0.2) is 25.7 Å². The number of carbonyl (C=O) groups excluding carboxylic acids is 1. The van der Waals surface area contributed by atoms with Gasteiger partial charge in [-0.25, -0.2) is 8.78 Å². The Balaban J connectivity index is 1.60. The highest BCUT2D eigenvalue weighted by molar-refractivity contribution is 5.94. The first kappa shape index (κ1) is 20.1. The molecule has 4 aromatic rings. The van der Waals surface area contributed by atoms with Crippen LogP contribution in [0.4, 0.5) is 14.7 Å². The molecule has 154 valence electrons. The summed E-state index contributed by atoms with van der Waals surface area (Å²) in [4.78, 5) is 21.3. The minimum absolute atomic E-state index is 0.233. The van der Waals surface area contributed by atoms with Gasteiger partial charge in [0, 0.05) is 30.6 Å². The third kappa shape index (κ3) is 5.05. The van der Waals surface area contributed by atoms with Crippen molar-refractivity contribution in [3.05, 3.63) is 102 Å². The van der Waals surface area contributed by atoms with Gasteiger partial charge in [-0.1, -0.05) is 24.3 Å². The number of aromatic nitrogens is 4. The summed E-state index contributed by atoms with van der Waals surface area (Å²) in [6, 6.07) is 15.3. The molecule has 0 bridgehead atoms. The molecular formula is C23H17F2N5O. The van der Waals surface area contributed by atoms with Crippen LogP contribution in [0.1, 0.15) is 15.9 Å². The summed E-state index contributed by atoms with van der Waals surface area (Å²) in [5.41, 5.74) is 2.14. The van der Waals surface area contributed by atoms with E-state index in [2.05, 4.69) is 20.4 Å². The van der Waals surface area contributed by atoms with E-state index >= 15 is 0 Å². The summed E-state index contributed by atoms with van der Waals surface area (Å²) in [6.07, 6.45) is 6.13. The molecule has 0 spiro atoms. The van der Waals surface area contributed by atoms with Gasteiger partial charge in [-0.15, -0.1) is 5.10 Å². The van der Waals surface area contributed by atoms with Gasteiger partial charge >= 0.3 is 0 Å². The first-order valence-corrected chi connectivity index (χ1v) is 9.42. The van der Waals surface area contributed by atoms with Gasteiger partial charge in [-0.3, -0.25) is 9.78 Å². The first-order valence-electron chi connectivity index (χ1n) is 9.42. The smallest absolute Gasteiger partial charge is 0.274 e. The zero-order chi connectivity index (χ0) is 21.6. The summed E-state index contributed by atoms with van der Waals surface area (Å²) in [5, 5.41) is 7.38. The standard InChI is InChI=1S/C23H17F2N5O/c24-19-8-3-16(4-9-19)7-12-21(31)30-23(27-14-17-5-10-20(25)11-6-17)28-22(29-30)18-2-1-13-26-15-18/h1-13,15H,14H2,(H,27,28,29). The summed E-state index contributed by atoms with van der Waals surface area (Å²) in [7, 11) is 0. The molecule has 0 amide bonds. The fourth-order valence-electron chi connectivity index (χ4n) is 2.79. The molecule has 4 rings (SSSR count). The number of pyridine rings is 1. The molecule has 31 heavy (non-hydrogen) atoms. The van der Waals surface area contributed by atoms with Crippen LogP contribution in [0.2, 0.25) is 0 Å². The Morgan fingerprint density at radius 3 is 2.39 bits per heavy atom. The van der Waals surface area contributed by atoms with E-state index in [1.54, 1.807) is 54.9 Å². The van der Waals surface area contributed by atoms with Gasteiger partial charge in [0.05, 0.1) is 0 Å². The van der Waals surface area contributed by atoms with Crippen LogP contribution >= 0.6 is 0 Å². The molecule has 0 atom stereocenters. The Morgan fingerprint density at radius 1 is 1.00 bits per heavy atom. The van der Waals surface area contributed by atoms with E-state index < -0.39 is 5.91 Å². The predicted octanol–water partition coefficient (Wildman–Crippen LogP) is 4.58. The lowest BCUT2D eigenvalue weighted by Gasteiger charge is -2.06. The Labute approximate surface area is 176 Å². The van der Waals surface area contributed by atoms with E-state index in [1.165, 1.54) is 30.3 Å². The van der Waals surface area contributed by atoms with Crippen molar-refractivity contribution >= 4 is 17.9 Å². The van der Waals surface area contributed by atoms with Gasteiger partial charge in [0.2, 0.25) is 5.95 Å². The lowest BCUT2D eigenvalue weighted by Crippen LogP contribution is -2.14. The van der Waals surface area contributed by atoms with E-state index in [0.29, 0.717) is 23.5 Å². The Bertz CT molecular complexity index is 1200. The normalized spacial score (nSPS) is 11.0. The van der Waals surface area contributed by atoms with Crippen molar-refractivity contribution < 1.29 is 13.6 Å². The zero-order valence-electron chi connectivity index (χ0n) is 16.2. The van der Waals surface area contributed by atoms with Crippen LogP contribution in [0, 0.1) is 11.6 Å². The van der Waals surface area contributed by atoms with Crippen molar-refractivity contribution in [2.45, 2.75) is 6.54 Å². The van der Waals surface area contributed by atoms with E-state index in [9.17, 15) is 13.6 Å². The largest absolute Gasteiger partial charge is 0.350 e. The number of nitrogens with one attached hydrogen (secondary N) is 1. The van der Waals surface area contributed by atoms with Gasteiger partial charge in [0.1, 0.15) is 11.6 Å². The summed E-state index contributed by atoms with van der Waals surface area (Å²) in [5.74, 6) is -0.552. The SMILES string of the molecule is O=C(C=Cc1ccc(F)cc1)n1nc(-c2cccnc2)nc1NCc1ccc(F)cc1. The number of benzene rings is 2. The molecule has 0 fully saturated rings. The fraction of sp³-hybridized carbons (Fsp3) is 0.0435. The molecule has 0 radical (unpaired) electrons. The maximum absolute atomic E-state index is 13.1. The maximum atomic E-state index is 13.1. The van der Waals surface area contributed by atoms with Gasteiger partial charge < -0.3 is 5.32 Å². The molecule has 1 N–H and O–H groups in total. The van der Waals surface area contributed by atoms with Gasteiger partial charge in [-0.2, -0.15) is 9.67 Å². The molecule has 2 heterocycles. The van der Waals surface area contributed by atoms with E-state index in [1.807, 2.05) is 0 Å². The molecule has 0 aliphatic carbocycles. The van der Waals surface area contributed by atoms with Crippen molar-refractivity contribution in [3.8, 4) is 11.4 Å². The van der Waals surface area contributed by atoms with Gasteiger partial charge in [-0.05, 0) is 53.6 Å². The molecule has 0 unspecified atom stereocenters. The third-order valence-electron chi connectivity index (χ3n) is 4.39. The molecular weight excluding hydrogens is 400 g/mol. The minimum Gasteiger partial charge on any atom is -0.350 e. The number of nitrogens with zero attached hydrogens (tertiary/aromatic N) is 4. The van der Waals surface area contributed by atoms with E-state index in [0.717, 1.165) is 10.2 Å². The second-order valence-electron chi connectivity index (χ2n) is 6.62. The van der Waals surface area contributed by atoms with Crippen LogP contribution in [0.15, 0.2) is 79.1 Å². The zero-order valence-corrected chi connectivity index (χ0v) is 16.2. The second kappa shape index (κ2) is 9.08. The number of hydrogen-bond acceptors (Lipinski definition) is 5. The molecule has 2 aromatic heterocycles. The molecule has 0 aliphatic rings. The fourth-order valence-corrected chi connectivity index (χ4v) is 2.79. The van der Waals surface area contributed by atoms with Crippen molar-refractivity contribution in [2.24, 2.45) is 0 Å². The van der Waals surface area contributed by atoms with Crippen molar-refractivity contribution in [1.29, 1.82) is 0 Å². The molecule has 0 saturated carbocycles. The van der Waals surface area contributed by atoms with Crippen molar-refractivity contribution in [3.63, 3.8) is 0 Å². The van der Waals surface area contributed by atoms with E-state index in [-0.39, 0.29) is 17.6 Å². The monoisotopic (exact) mass is 417 g/mol. The quantitative estimate of drug-likeness (QED) is 0.465. The third-order valence-corrected chi connectivity index (χ3v) is 4.39. The van der Waals surface area contributed by atoms with Crippen molar-refractivity contribution in [2.75, 3.05) is 5.32 Å². The van der Waals surface area contributed by atoms with Crippen LogP contribution in [0.3, 0.4) is 0 Å². The second-order valence-corrected chi connectivity index (χ2v) is 6.62. The van der Waals surface area contributed by atoms with E-state index in [4.69, 9.17) is 0 Å². The molecule has 6 nitrogen and oxygen atoms in total. The predicted molar refractivity (Wildman–Crippen MR) is 113 cm³/mol. The van der Waals surface area contributed by atoms with Crippen molar-refractivity contribution in [1.82, 2.24) is 19.7 Å². The average molecular weight is 417 g/mol. The number of allylic oxidation sites excluding steroid dienone is 1. The number of anilines is 1. The highest BCUT2D eigenvalue weighted by atomic mass is 19.1. The van der Waals surface area contributed by atoms with Crippen LogP contribution < -0.4 is 5.32 Å². The number of halogens is 2. The summed E-state index contributed by atoms with van der Waals surface area (Å²) >= 11 is 0. The molecule has 2 aromatic carbocycles. The lowest BCUT2D eigenvalue weighted by molar-refractivity contribution is 0.0957. The Morgan fingerprint density at radius 2 is 1.71 bits per heavy atom. The first-order chi connectivity index (χ1) is 15.1. The maximum Gasteiger partial charge on any atom is 0.274 e. The highest BCUT2D eigenvalue weighted by Crippen LogP contribution is 2.18. The summed E-state index contributed by atoms with van der Waals surface area (Å²) in [6.45, 7) is 0.320. The minimum atomic E-state index is -0.437. The van der Waals surface area contributed by atoms with Gasteiger partial charge in [0.25, 0.3) is 5.91 Å². The van der Waals surface area contributed by atoms with Crippen LogP contribution in [0.5, 0.6) is 0 Å². The Kier molecular flexibility index (Phi) is 5.89. The average Bonchev–Trinajstić information content (AvgIpc) is 3.23. The van der Waals surface area contributed by atoms with Crippen LogP contribution in [-0.2, 0) is 6.54 Å². The number of hydrogen-bond donors (Lipinski definition) is 1.